The number of likely N-dealkylation sites (N-methyl/N-ethyl adjacent to an activating group) is 1. The molecule has 0 aromatic carbocycles. The van der Waals surface area contributed by atoms with E-state index in [0.29, 0.717) is 19.7 Å². The molecule has 1 N–H and O–H groups in total. The highest BCUT2D eigenvalue weighted by molar-refractivity contribution is 5.68. The number of ether oxygens (including phenoxy) is 2. The topological polar surface area (TPSA) is 50.8 Å². The molecule has 0 aliphatic carbocycles. The van der Waals surface area contributed by atoms with Gasteiger partial charge < -0.3 is 19.7 Å². The molecule has 1 amide bonds. The van der Waals surface area contributed by atoms with Crippen molar-refractivity contribution in [1.29, 1.82) is 0 Å². The number of rotatable bonds is 7. The molecule has 0 aromatic heterocycles. The van der Waals surface area contributed by atoms with Crippen LogP contribution in [0.4, 0.5) is 4.79 Å². The van der Waals surface area contributed by atoms with Crippen LogP contribution in [0.3, 0.4) is 0 Å². The fraction of sp³-hybridized carbons (Fsp3) is 0.917. The van der Waals surface area contributed by atoms with Gasteiger partial charge in [0.05, 0.1) is 6.61 Å². The highest BCUT2D eigenvalue weighted by Gasteiger charge is 2.21. The standard InChI is InChI=1S/C12H26N2O3/c1-6-13-7-8-14(9-10-16-5)11(15)17-12(2,3)4/h13H,6-10H2,1-5H3. The molecule has 0 saturated heterocycles. The van der Waals surface area contributed by atoms with E-state index in [2.05, 4.69) is 5.32 Å². The van der Waals surface area contributed by atoms with Crippen molar-refractivity contribution in [1.82, 2.24) is 10.2 Å². The van der Waals surface area contributed by atoms with Crippen LogP contribution in [-0.4, -0.2) is 56.5 Å². The van der Waals surface area contributed by atoms with E-state index in [1.165, 1.54) is 0 Å². The summed E-state index contributed by atoms with van der Waals surface area (Å²) in [5.74, 6) is 0. The predicted octanol–water partition coefficient (Wildman–Crippen LogP) is 1.48. The first-order valence-corrected chi connectivity index (χ1v) is 6.08. The Morgan fingerprint density at radius 3 is 2.41 bits per heavy atom. The number of amides is 1. The number of nitrogens with zero attached hydrogens (tertiary/aromatic N) is 1. The van der Waals surface area contributed by atoms with Crippen LogP contribution in [-0.2, 0) is 9.47 Å². The quantitative estimate of drug-likeness (QED) is 0.691. The van der Waals surface area contributed by atoms with E-state index in [1.54, 1.807) is 12.0 Å². The Kier molecular flexibility index (Phi) is 7.91. The lowest BCUT2D eigenvalue weighted by Gasteiger charge is -2.27. The largest absolute Gasteiger partial charge is 0.444 e. The Morgan fingerprint density at radius 2 is 1.94 bits per heavy atom. The smallest absolute Gasteiger partial charge is 0.410 e. The fourth-order valence-corrected chi connectivity index (χ4v) is 1.21. The van der Waals surface area contributed by atoms with Gasteiger partial charge in [-0.05, 0) is 27.3 Å². The average Bonchev–Trinajstić information content (AvgIpc) is 2.20. The summed E-state index contributed by atoms with van der Waals surface area (Å²) in [6, 6.07) is 0. The van der Waals surface area contributed by atoms with Crippen molar-refractivity contribution in [3.63, 3.8) is 0 Å². The van der Waals surface area contributed by atoms with Gasteiger partial charge >= 0.3 is 6.09 Å². The van der Waals surface area contributed by atoms with Gasteiger partial charge in [-0.3, -0.25) is 0 Å². The monoisotopic (exact) mass is 246 g/mol. The molecule has 0 fully saturated rings. The number of nitrogens with one attached hydrogen (secondary N) is 1. The zero-order valence-electron chi connectivity index (χ0n) is 11.7. The van der Waals surface area contributed by atoms with E-state index in [4.69, 9.17) is 9.47 Å². The zero-order valence-corrected chi connectivity index (χ0v) is 11.7. The van der Waals surface area contributed by atoms with Gasteiger partial charge in [-0.1, -0.05) is 6.92 Å². The van der Waals surface area contributed by atoms with Gasteiger partial charge in [0.15, 0.2) is 0 Å². The van der Waals surface area contributed by atoms with E-state index >= 15 is 0 Å². The van der Waals surface area contributed by atoms with Crippen LogP contribution in [0, 0.1) is 0 Å². The second-order valence-corrected chi connectivity index (χ2v) is 4.81. The molecule has 5 nitrogen and oxygen atoms in total. The van der Waals surface area contributed by atoms with Crippen LogP contribution in [0.25, 0.3) is 0 Å². The molecule has 0 rings (SSSR count). The van der Waals surface area contributed by atoms with Crippen molar-refractivity contribution < 1.29 is 14.3 Å². The predicted molar refractivity (Wildman–Crippen MR) is 68.2 cm³/mol. The second kappa shape index (κ2) is 8.31. The summed E-state index contributed by atoms with van der Waals surface area (Å²) in [4.78, 5) is 13.5. The van der Waals surface area contributed by atoms with E-state index < -0.39 is 5.60 Å². The third-order valence-electron chi connectivity index (χ3n) is 2.03. The van der Waals surface area contributed by atoms with Gasteiger partial charge in [-0.2, -0.15) is 0 Å². The summed E-state index contributed by atoms with van der Waals surface area (Å²) in [6.07, 6.45) is -0.285. The van der Waals surface area contributed by atoms with Crippen molar-refractivity contribution in [3.05, 3.63) is 0 Å². The summed E-state index contributed by atoms with van der Waals surface area (Å²) >= 11 is 0. The summed E-state index contributed by atoms with van der Waals surface area (Å²) < 4.78 is 10.3. The fourth-order valence-electron chi connectivity index (χ4n) is 1.21. The van der Waals surface area contributed by atoms with Gasteiger partial charge in [0, 0.05) is 26.7 Å². The minimum Gasteiger partial charge on any atom is -0.444 e. The molecule has 0 radical (unpaired) electrons. The van der Waals surface area contributed by atoms with Crippen LogP contribution in [0.1, 0.15) is 27.7 Å². The molecular formula is C12H26N2O3. The van der Waals surface area contributed by atoms with Crippen LogP contribution < -0.4 is 5.32 Å². The van der Waals surface area contributed by atoms with Gasteiger partial charge in [0.2, 0.25) is 0 Å². The number of methoxy groups -OCH3 is 1. The molecule has 0 bridgehead atoms. The van der Waals surface area contributed by atoms with Gasteiger partial charge in [-0.15, -0.1) is 0 Å². The summed E-state index contributed by atoms with van der Waals surface area (Å²) in [7, 11) is 1.62. The first kappa shape index (κ1) is 16.2. The summed E-state index contributed by atoms with van der Waals surface area (Å²) in [6.45, 7) is 11.0. The molecule has 0 aliphatic heterocycles. The van der Waals surface area contributed by atoms with Crippen molar-refractivity contribution in [2.45, 2.75) is 33.3 Å². The molecule has 17 heavy (non-hydrogen) atoms. The summed E-state index contributed by atoms with van der Waals surface area (Å²) in [5.41, 5.74) is -0.458. The number of carbonyl (C=O) groups excluding carboxylic acids is 1. The summed E-state index contributed by atoms with van der Waals surface area (Å²) in [5, 5.41) is 3.18. The Hall–Kier alpha value is -0.810. The van der Waals surface area contributed by atoms with E-state index in [-0.39, 0.29) is 6.09 Å². The highest BCUT2D eigenvalue weighted by Crippen LogP contribution is 2.09. The third kappa shape index (κ3) is 8.94. The Bertz CT molecular complexity index is 214. The minimum atomic E-state index is -0.458. The van der Waals surface area contributed by atoms with Crippen LogP contribution >= 0.6 is 0 Å². The first-order chi connectivity index (χ1) is 7.90. The Morgan fingerprint density at radius 1 is 1.29 bits per heavy atom. The maximum Gasteiger partial charge on any atom is 0.410 e. The molecule has 5 heteroatoms. The van der Waals surface area contributed by atoms with E-state index in [1.807, 2.05) is 27.7 Å². The lowest BCUT2D eigenvalue weighted by molar-refractivity contribution is 0.0204. The van der Waals surface area contributed by atoms with Crippen molar-refractivity contribution in [2.75, 3.05) is 39.9 Å². The molecule has 0 saturated carbocycles. The van der Waals surface area contributed by atoms with Crippen LogP contribution in [0.2, 0.25) is 0 Å². The number of carbonyl (C=O) groups is 1. The maximum absolute atomic E-state index is 11.9. The molecule has 0 atom stereocenters. The third-order valence-corrected chi connectivity index (χ3v) is 2.03. The molecular weight excluding hydrogens is 220 g/mol. The molecule has 0 spiro atoms. The van der Waals surface area contributed by atoms with Crippen molar-refractivity contribution in [2.24, 2.45) is 0 Å². The Balaban J connectivity index is 4.19. The molecule has 0 aliphatic rings. The maximum atomic E-state index is 11.9. The average molecular weight is 246 g/mol. The van der Waals surface area contributed by atoms with Crippen molar-refractivity contribution >= 4 is 6.09 Å². The SMILES string of the molecule is CCNCCN(CCOC)C(=O)OC(C)(C)C. The Labute approximate surface area is 104 Å². The van der Waals surface area contributed by atoms with E-state index in [9.17, 15) is 4.79 Å². The molecule has 0 aromatic rings. The lowest BCUT2D eigenvalue weighted by Crippen LogP contribution is -2.42. The van der Waals surface area contributed by atoms with Gasteiger partial charge in [0.25, 0.3) is 0 Å². The molecule has 0 unspecified atom stereocenters. The van der Waals surface area contributed by atoms with E-state index in [0.717, 1.165) is 13.1 Å². The first-order valence-electron chi connectivity index (χ1n) is 6.08. The number of hydrogen-bond donors (Lipinski definition) is 1. The second-order valence-electron chi connectivity index (χ2n) is 4.81. The minimum absolute atomic E-state index is 0.285. The van der Waals surface area contributed by atoms with Gasteiger partial charge in [0.1, 0.15) is 5.60 Å². The van der Waals surface area contributed by atoms with Crippen molar-refractivity contribution in [3.8, 4) is 0 Å². The van der Waals surface area contributed by atoms with Gasteiger partial charge in [-0.25, -0.2) is 4.79 Å². The zero-order chi connectivity index (χ0) is 13.3. The lowest BCUT2D eigenvalue weighted by atomic mass is 10.2. The highest BCUT2D eigenvalue weighted by atomic mass is 16.6. The normalized spacial score (nSPS) is 11.4. The molecule has 102 valence electrons. The van der Waals surface area contributed by atoms with Crippen LogP contribution in [0.5, 0.6) is 0 Å². The van der Waals surface area contributed by atoms with Crippen LogP contribution in [0.15, 0.2) is 0 Å². The molecule has 0 heterocycles. The number of hydrogen-bond acceptors (Lipinski definition) is 4.